The number of nitrogens with one attached hydrogen (secondary N) is 1. The lowest BCUT2D eigenvalue weighted by molar-refractivity contribution is 0.173. The van der Waals surface area contributed by atoms with E-state index in [-0.39, 0.29) is 12.1 Å². The van der Waals surface area contributed by atoms with E-state index in [1.165, 1.54) is 0 Å². The SMILES string of the molecule is CO[C@@H]1C[C@@H]1NC(N)=O. The molecule has 0 spiro atoms. The molecular weight excluding hydrogens is 120 g/mol. The Morgan fingerprint density at radius 1 is 1.89 bits per heavy atom. The molecule has 0 unspecified atom stereocenters. The van der Waals surface area contributed by atoms with Gasteiger partial charge in [0, 0.05) is 7.11 Å². The second kappa shape index (κ2) is 2.23. The lowest BCUT2D eigenvalue weighted by atomic mass is 10.7. The number of ether oxygens (including phenoxy) is 1. The van der Waals surface area contributed by atoms with Crippen LogP contribution in [0.1, 0.15) is 6.42 Å². The average Bonchev–Trinajstić information content (AvgIpc) is 2.45. The number of carbonyl (C=O) groups excluding carboxylic acids is 1. The van der Waals surface area contributed by atoms with E-state index in [2.05, 4.69) is 5.32 Å². The molecule has 1 fully saturated rings. The fourth-order valence-electron chi connectivity index (χ4n) is 0.767. The van der Waals surface area contributed by atoms with Crippen molar-refractivity contribution < 1.29 is 9.53 Å². The zero-order chi connectivity index (χ0) is 6.85. The van der Waals surface area contributed by atoms with E-state index in [0.29, 0.717) is 0 Å². The van der Waals surface area contributed by atoms with E-state index in [9.17, 15) is 4.79 Å². The molecule has 0 aromatic carbocycles. The molecule has 52 valence electrons. The third-order valence-electron chi connectivity index (χ3n) is 1.36. The van der Waals surface area contributed by atoms with Gasteiger partial charge in [-0.25, -0.2) is 4.79 Å². The molecule has 0 heterocycles. The molecule has 0 aromatic rings. The van der Waals surface area contributed by atoms with Crippen LogP contribution in [0, 0.1) is 0 Å². The Labute approximate surface area is 53.4 Å². The molecule has 0 bridgehead atoms. The number of amides is 2. The van der Waals surface area contributed by atoms with Gasteiger partial charge in [-0.15, -0.1) is 0 Å². The maximum atomic E-state index is 10.2. The summed E-state index contributed by atoms with van der Waals surface area (Å²) >= 11 is 0. The Hall–Kier alpha value is -0.770. The van der Waals surface area contributed by atoms with Crippen LogP contribution in [0.2, 0.25) is 0 Å². The van der Waals surface area contributed by atoms with Crippen LogP contribution in [-0.4, -0.2) is 25.3 Å². The van der Waals surface area contributed by atoms with Crippen LogP contribution in [-0.2, 0) is 4.74 Å². The number of rotatable bonds is 2. The fraction of sp³-hybridized carbons (Fsp3) is 0.800. The molecular formula is C5H10N2O2. The second-order valence-corrected chi connectivity index (χ2v) is 2.12. The molecule has 0 aliphatic heterocycles. The van der Waals surface area contributed by atoms with Crippen LogP contribution in [0.4, 0.5) is 4.79 Å². The highest BCUT2D eigenvalue weighted by Gasteiger charge is 2.38. The van der Waals surface area contributed by atoms with Crippen LogP contribution in [0.15, 0.2) is 0 Å². The predicted molar refractivity (Wildman–Crippen MR) is 31.9 cm³/mol. The minimum Gasteiger partial charge on any atom is -0.379 e. The number of hydrogen-bond donors (Lipinski definition) is 2. The highest BCUT2D eigenvalue weighted by Crippen LogP contribution is 2.23. The van der Waals surface area contributed by atoms with Gasteiger partial charge in [-0.1, -0.05) is 0 Å². The van der Waals surface area contributed by atoms with E-state index < -0.39 is 6.03 Å². The number of carbonyl (C=O) groups is 1. The number of urea groups is 1. The summed E-state index contributed by atoms with van der Waals surface area (Å²) in [5.41, 5.74) is 4.84. The van der Waals surface area contributed by atoms with Crippen molar-refractivity contribution in [3.8, 4) is 0 Å². The molecule has 4 nitrogen and oxygen atoms in total. The summed E-state index contributed by atoms with van der Waals surface area (Å²) < 4.78 is 4.90. The zero-order valence-corrected chi connectivity index (χ0v) is 5.26. The van der Waals surface area contributed by atoms with Crippen LogP contribution in [0.3, 0.4) is 0 Å². The highest BCUT2D eigenvalue weighted by molar-refractivity contribution is 5.72. The molecule has 0 saturated heterocycles. The van der Waals surface area contributed by atoms with Crippen molar-refractivity contribution >= 4 is 6.03 Å². The van der Waals surface area contributed by atoms with Gasteiger partial charge in [0.2, 0.25) is 0 Å². The maximum Gasteiger partial charge on any atom is 0.312 e. The van der Waals surface area contributed by atoms with E-state index in [1.54, 1.807) is 7.11 Å². The van der Waals surface area contributed by atoms with Gasteiger partial charge in [0.1, 0.15) is 0 Å². The molecule has 1 aliphatic rings. The molecule has 4 heteroatoms. The number of nitrogens with two attached hydrogens (primary N) is 1. The topological polar surface area (TPSA) is 64.3 Å². The predicted octanol–water partition coefficient (Wildman–Crippen LogP) is -0.558. The Balaban J connectivity index is 2.12. The van der Waals surface area contributed by atoms with Gasteiger partial charge in [-0.2, -0.15) is 0 Å². The molecule has 3 N–H and O–H groups in total. The van der Waals surface area contributed by atoms with Crippen molar-refractivity contribution in [3.63, 3.8) is 0 Å². The lowest BCUT2D eigenvalue weighted by Gasteiger charge is -1.96. The van der Waals surface area contributed by atoms with E-state index >= 15 is 0 Å². The minimum absolute atomic E-state index is 0.160. The summed E-state index contributed by atoms with van der Waals surface area (Å²) in [6.45, 7) is 0. The quantitative estimate of drug-likeness (QED) is 0.526. The normalized spacial score (nSPS) is 31.7. The molecule has 2 amide bonds. The molecule has 1 aliphatic carbocycles. The Morgan fingerprint density at radius 3 is 2.89 bits per heavy atom. The van der Waals surface area contributed by atoms with Crippen molar-refractivity contribution in [1.82, 2.24) is 5.32 Å². The van der Waals surface area contributed by atoms with Crippen molar-refractivity contribution in [2.45, 2.75) is 18.6 Å². The van der Waals surface area contributed by atoms with Crippen molar-refractivity contribution in [2.24, 2.45) is 5.73 Å². The second-order valence-electron chi connectivity index (χ2n) is 2.12. The first-order chi connectivity index (χ1) is 4.24. The fourth-order valence-corrected chi connectivity index (χ4v) is 0.767. The summed E-state index contributed by atoms with van der Waals surface area (Å²) in [7, 11) is 1.62. The van der Waals surface area contributed by atoms with Crippen LogP contribution >= 0.6 is 0 Å². The summed E-state index contributed by atoms with van der Waals surface area (Å²) in [6.07, 6.45) is 1.08. The van der Waals surface area contributed by atoms with E-state index in [4.69, 9.17) is 10.5 Å². The maximum absolute atomic E-state index is 10.2. The molecule has 2 atom stereocenters. The molecule has 0 radical (unpaired) electrons. The first-order valence-electron chi connectivity index (χ1n) is 2.83. The third-order valence-corrected chi connectivity index (χ3v) is 1.36. The Kier molecular flexibility index (Phi) is 1.57. The van der Waals surface area contributed by atoms with Crippen LogP contribution in [0.5, 0.6) is 0 Å². The summed E-state index contributed by atoms with van der Waals surface area (Å²) in [5.74, 6) is 0. The number of primary amides is 1. The number of methoxy groups -OCH3 is 1. The first kappa shape index (κ1) is 6.35. The number of hydrogen-bond acceptors (Lipinski definition) is 2. The van der Waals surface area contributed by atoms with Gasteiger partial charge in [0.25, 0.3) is 0 Å². The molecule has 9 heavy (non-hydrogen) atoms. The van der Waals surface area contributed by atoms with Gasteiger partial charge in [0.15, 0.2) is 0 Å². The lowest BCUT2D eigenvalue weighted by Crippen LogP contribution is -2.32. The van der Waals surface area contributed by atoms with Gasteiger partial charge >= 0.3 is 6.03 Å². The minimum atomic E-state index is -0.473. The third kappa shape index (κ3) is 1.57. The van der Waals surface area contributed by atoms with Crippen molar-refractivity contribution in [2.75, 3.05) is 7.11 Å². The molecule has 0 aromatic heterocycles. The Bertz CT molecular complexity index is 126. The highest BCUT2D eigenvalue weighted by atomic mass is 16.5. The summed E-state index contributed by atoms with van der Waals surface area (Å²) in [6, 6.07) is -0.313. The first-order valence-corrected chi connectivity index (χ1v) is 2.83. The summed E-state index contributed by atoms with van der Waals surface area (Å²) in [4.78, 5) is 10.2. The zero-order valence-electron chi connectivity index (χ0n) is 5.26. The van der Waals surface area contributed by atoms with Crippen molar-refractivity contribution in [1.29, 1.82) is 0 Å². The monoisotopic (exact) mass is 130 g/mol. The standard InChI is InChI=1S/C5H10N2O2/c1-9-4-2-3(4)7-5(6)8/h3-4H,2H2,1H3,(H3,6,7,8)/t3-,4+/m0/s1. The largest absolute Gasteiger partial charge is 0.379 e. The van der Waals surface area contributed by atoms with Gasteiger partial charge < -0.3 is 15.8 Å². The molecule has 1 saturated carbocycles. The van der Waals surface area contributed by atoms with Gasteiger partial charge in [0.05, 0.1) is 12.1 Å². The Morgan fingerprint density at radius 2 is 2.56 bits per heavy atom. The van der Waals surface area contributed by atoms with Crippen LogP contribution in [0.25, 0.3) is 0 Å². The van der Waals surface area contributed by atoms with Gasteiger partial charge in [-0.3, -0.25) is 0 Å². The van der Waals surface area contributed by atoms with Gasteiger partial charge in [-0.05, 0) is 6.42 Å². The van der Waals surface area contributed by atoms with Crippen LogP contribution < -0.4 is 11.1 Å². The van der Waals surface area contributed by atoms with E-state index in [1.807, 2.05) is 0 Å². The van der Waals surface area contributed by atoms with E-state index in [0.717, 1.165) is 6.42 Å². The average molecular weight is 130 g/mol. The van der Waals surface area contributed by atoms with Crippen molar-refractivity contribution in [3.05, 3.63) is 0 Å². The summed E-state index contributed by atoms with van der Waals surface area (Å²) in [5, 5.41) is 2.53. The smallest absolute Gasteiger partial charge is 0.312 e. The molecule has 1 rings (SSSR count).